The molecule has 1 aromatic rings. The number of halogens is 1. The summed E-state index contributed by atoms with van der Waals surface area (Å²) >= 11 is 0. The van der Waals surface area contributed by atoms with Crippen molar-refractivity contribution in [1.29, 1.82) is 0 Å². The summed E-state index contributed by atoms with van der Waals surface area (Å²) in [7, 11) is 2.02. The first-order valence-electron chi connectivity index (χ1n) is 9.79. The molecule has 0 saturated carbocycles. The van der Waals surface area contributed by atoms with Gasteiger partial charge in [0.2, 0.25) is 0 Å². The fraction of sp³-hybridized carbons (Fsp3) is 0.571. The summed E-state index contributed by atoms with van der Waals surface area (Å²) in [5, 5.41) is 5.94. The minimum Gasteiger partial charge on any atom is -1.00 e. The standard InChI is InChI=1S/C21H35N4.ClH/c1-5-7-8-9-13-18-25(19(3)16-17-23-21(25)22-4)24(6-2)20-14-11-10-12-15-20;/h10-12,14-17,21-22H,5-9,13,18H2,1-4H3;1H/q+1;/p-1. The van der Waals surface area contributed by atoms with Crippen molar-refractivity contribution in [2.45, 2.75) is 59.2 Å². The predicted octanol–water partition coefficient (Wildman–Crippen LogP) is 1.71. The maximum atomic E-state index is 4.78. The van der Waals surface area contributed by atoms with E-state index < -0.39 is 0 Å². The van der Waals surface area contributed by atoms with Crippen LogP contribution in [-0.2, 0) is 0 Å². The first-order valence-corrected chi connectivity index (χ1v) is 9.79. The number of anilines is 1. The summed E-state index contributed by atoms with van der Waals surface area (Å²) in [6.45, 7) is 8.76. The maximum absolute atomic E-state index is 4.78. The Morgan fingerprint density at radius 3 is 2.38 bits per heavy atom. The molecule has 0 radical (unpaired) electrons. The normalized spacial score (nSPS) is 21.8. The number of aliphatic imine (C=N–C) groups is 1. The van der Waals surface area contributed by atoms with Crippen LogP contribution in [0.1, 0.15) is 52.9 Å². The van der Waals surface area contributed by atoms with E-state index in [1.54, 1.807) is 0 Å². The van der Waals surface area contributed by atoms with Gasteiger partial charge in [-0.1, -0.05) is 44.4 Å². The lowest BCUT2D eigenvalue weighted by atomic mass is 10.1. The molecule has 0 saturated heterocycles. The number of allylic oxidation sites excluding steroid dienone is 2. The lowest BCUT2D eigenvalue weighted by Crippen LogP contribution is -3.00. The zero-order valence-electron chi connectivity index (χ0n) is 16.8. The second-order valence-corrected chi connectivity index (χ2v) is 6.78. The van der Waals surface area contributed by atoms with Gasteiger partial charge in [0.1, 0.15) is 12.2 Å². The van der Waals surface area contributed by atoms with Gasteiger partial charge in [0.25, 0.3) is 6.29 Å². The van der Waals surface area contributed by atoms with Crippen molar-refractivity contribution in [2.75, 3.05) is 25.1 Å². The van der Waals surface area contributed by atoms with Crippen LogP contribution in [-0.4, -0.2) is 37.2 Å². The second-order valence-electron chi connectivity index (χ2n) is 6.78. The van der Waals surface area contributed by atoms with Crippen LogP contribution < -0.4 is 22.7 Å². The van der Waals surface area contributed by atoms with Gasteiger partial charge in [0.15, 0.2) is 0 Å². The van der Waals surface area contributed by atoms with E-state index in [0.29, 0.717) is 0 Å². The minimum absolute atomic E-state index is 0. The molecule has 0 bridgehead atoms. The number of nitrogens with zero attached hydrogens (tertiary/aromatic N) is 3. The average molecular weight is 379 g/mol. The van der Waals surface area contributed by atoms with Crippen LogP contribution in [0.4, 0.5) is 5.69 Å². The Morgan fingerprint density at radius 1 is 1.08 bits per heavy atom. The summed E-state index contributed by atoms with van der Waals surface area (Å²) < 4.78 is 0.750. The van der Waals surface area contributed by atoms with Crippen molar-refractivity contribution in [3.05, 3.63) is 42.1 Å². The Bertz CT molecular complexity index is 573. The number of unbranched alkanes of at least 4 members (excludes halogenated alkanes) is 4. The molecule has 0 spiro atoms. The van der Waals surface area contributed by atoms with Crippen molar-refractivity contribution in [2.24, 2.45) is 4.99 Å². The molecule has 5 heteroatoms. The van der Waals surface area contributed by atoms with E-state index in [1.807, 2.05) is 13.3 Å². The number of benzene rings is 1. The van der Waals surface area contributed by atoms with Crippen molar-refractivity contribution < 1.29 is 17.0 Å². The summed E-state index contributed by atoms with van der Waals surface area (Å²) in [6.07, 6.45) is 10.6. The molecule has 1 aliphatic heterocycles. The third-order valence-corrected chi connectivity index (χ3v) is 5.20. The lowest BCUT2D eigenvalue weighted by Gasteiger charge is -2.50. The highest BCUT2D eigenvalue weighted by atomic mass is 35.5. The third-order valence-electron chi connectivity index (χ3n) is 5.20. The van der Waals surface area contributed by atoms with E-state index in [9.17, 15) is 0 Å². The first-order chi connectivity index (χ1) is 12.2. The summed E-state index contributed by atoms with van der Waals surface area (Å²) in [4.78, 5) is 4.78. The number of quaternary nitrogens is 1. The van der Waals surface area contributed by atoms with Crippen LogP contribution in [0.3, 0.4) is 0 Å². The fourth-order valence-electron chi connectivity index (χ4n) is 3.89. The summed E-state index contributed by atoms with van der Waals surface area (Å²) in [6, 6.07) is 10.7. The molecule has 2 unspecified atom stereocenters. The number of hydrogen-bond acceptors (Lipinski definition) is 3. The van der Waals surface area contributed by atoms with Crippen LogP contribution in [0.2, 0.25) is 0 Å². The van der Waals surface area contributed by atoms with Crippen LogP contribution in [0, 0.1) is 0 Å². The maximum Gasteiger partial charge on any atom is 0.267 e. The Kier molecular flexibility index (Phi) is 9.92. The van der Waals surface area contributed by atoms with Gasteiger partial charge >= 0.3 is 0 Å². The van der Waals surface area contributed by atoms with Crippen LogP contribution in [0.25, 0.3) is 0 Å². The second kappa shape index (κ2) is 11.4. The molecule has 146 valence electrons. The zero-order valence-corrected chi connectivity index (χ0v) is 17.5. The number of para-hydroxylation sites is 1. The first kappa shape index (κ1) is 22.7. The number of hydrogen-bond donors (Lipinski definition) is 1. The Hall–Kier alpha value is -1.36. The van der Waals surface area contributed by atoms with Gasteiger partial charge in [0, 0.05) is 19.2 Å². The molecule has 0 fully saturated rings. The molecule has 26 heavy (non-hydrogen) atoms. The van der Waals surface area contributed by atoms with E-state index in [2.05, 4.69) is 67.5 Å². The number of nitrogens with one attached hydrogen (secondary N) is 1. The molecule has 1 aromatic carbocycles. The summed E-state index contributed by atoms with van der Waals surface area (Å²) in [5.74, 6) is 0. The Morgan fingerprint density at radius 2 is 1.77 bits per heavy atom. The van der Waals surface area contributed by atoms with E-state index in [1.165, 1.54) is 43.5 Å². The molecular formula is C21H35ClN4. The van der Waals surface area contributed by atoms with Gasteiger partial charge < -0.3 is 12.4 Å². The SMILES string of the molecule is CCCCCCC[N+]1(N(CC)c2ccccc2)C(C)=CC=NC1NC.[Cl-]. The van der Waals surface area contributed by atoms with Gasteiger partial charge in [-0.2, -0.15) is 4.59 Å². The highest BCUT2D eigenvalue weighted by Gasteiger charge is 2.45. The Balaban J connectivity index is 0.00000338. The van der Waals surface area contributed by atoms with Crippen molar-refractivity contribution in [1.82, 2.24) is 5.32 Å². The highest BCUT2D eigenvalue weighted by Crippen LogP contribution is 2.33. The van der Waals surface area contributed by atoms with Crippen LogP contribution in [0.15, 0.2) is 47.1 Å². The van der Waals surface area contributed by atoms with Crippen LogP contribution >= 0.6 is 0 Å². The monoisotopic (exact) mass is 378 g/mol. The van der Waals surface area contributed by atoms with Gasteiger partial charge in [-0.05, 0) is 38.9 Å². The smallest absolute Gasteiger partial charge is 0.267 e. The number of rotatable bonds is 10. The van der Waals surface area contributed by atoms with Gasteiger partial charge in [-0.3, -0.25) is 0 Å². The largest absolute Gasteiger partial charge is 1.00 e. The fourth-order valence-corrected chi connectivity index (χ4v) is 3.89. The van der Waals surface area contributed by atoms with Gasteiger partial charge in [-0.15, -0.1) is 0 Å². The van der Waals surface area contributed by atoms with Crippen molar-refractivity contribution in [3.8, 4) is 0 Å². The van der Waals surface area contributed by atoms with Crippen LogP contribution in [0.5, 0.6) is 0 Å². The molecule has 0 aromatic heterocycles. The molecule has 2 atom stereocenters. The third kappa shape index (κ3) is 4.87. The van der Waals surface area contributed by atoms with Gasteiger partial charge in [0.05, 0.1) is 12.2 Å². The van der Waals surface area contributed by atoms with Gasteiger partial charge in [-0.25, -0.2) is 15.3 Å². The summed E-state index contributed by atoms with van der Waals surface area (Å²) in [5.41, 5.74) is 2.60. The molecule has 1 N–H and O–H groups in total. The molecule has 4 nitrogen and oxygen atoms in total. The van der Waals surface area contributed by atoms with E-state index in [-0.39, 0.29) is 18.7 Å². The zero-order chi connectivity index (χ0) is 18.1. The predicted molar refractivity (Wildman–Crippen MR) is 108 cm³/mol. The van der Waals surface area contributed by atoms with Crippen molar-refractivity contribution >= 4 is 11.9 Å². The Labute approximate surface area is 166 Å². The van der Waals surface area contributed by atoms with E-state index >= 15 is 0 Å². The quantitative estimate of drug-likeness (QED) is 0.496. The highest BCUT2D eigenvalue weighted by molar-refractivity contribution is 5.72. The van der Waals surface area contributed by atoms with E-state index in [0.717, 1.165) is 17.7 Å². The topological polar surface area (TPSA) is 27.6 Å². The molecular weight excluding hydrogens is 344 g/mol. The average Bonchev–Trinajstić information content (AvgIpc) is 2.65. The van der Waals surface area contributed by atoms with Crippen molar-refractivity contribution in [3.63, 3.8) is 0 Å². The molecule has 2 rings (SSSR count). The molecule has 0 amide bonds. The minimum atomic E-state index is 0. The molecule has 1 aliphatic rings. The molecule has 1 heterocycles. The van der Waals surface area contributed by atoms with E-state index in [4.69, 9.17) is 4.99 Å². The lowest BCUT2D eigenvalue weighted by molar-refractivity contribution is -0.927. The molecule has 0 aliphatic carbocycles.